The summed E-state index contributed by atoms with van der Waals surface area (Å²) in [6, 6.07) is 15.6. The fourth-order valence-electron chi connectivity index (χ4n) is 5.24. The Morgan fingerprint density at radius 1 is 1.10 bits per heavy atom. The Balaban J connectivity index is 1.39. The molecule has 5 heteroatoms. The van der Waals surface area contributed by atoms with Crippen LogP contribution in [0.2, 0.25) is 0 Å². The van der Waals surface area contributed by atoms with E-state index in [9.17, 15) is 0 Å². The Morgan fingerprint density at radius 3 is 2.80 bits per heavy atom. The van der Waals surface area contributed by atoms with Crippen LogP contribution in [0.3, 0.4) is 0 Å². The number of ether oxygens (including phenoxy) is 1. The SMILES string of the molecule is COc1ccc(-c2csc(N3CCn4c5c(c6cc(C)ccc64)CCC[C@H]53)n2)cc1. The molecule has 4 aromatic rings. The van der Waals surface area contributed by atoms with Crippen LogP contribution in [0.25, 0.3) is 22.2 Å². The molecule has 0 fully saturated rings. The molecular weight excluding hydrogens is 390 g/mol. The summed E-state index contributed by atoms with van der Waals surface area (Å²) in [5.41, 5.74) is 8.07. The minimum Gasteiger partial charge on any atom is -0.497 e. The van der Waals surface area contributed by atoms with E-state index in [-0.39, 0.29) is 0 Å². The molecule has 2 aromatic heterocycles. The lowest BCUT2D eigenvalue weighted by Gasteiger charge is -2.39. The summed E-state index contributed by atoms with van der Waals surface area (Å²) in [6.07, 6.45) is 3.65. The van der Waals surface area contributed by atoms with Crippen LogP contribution in [0, 0.1) is 6.92 Å². The van der Waals surface area contributed by atoms with Crippen molar-refractivity contribution in [3.63, 3.8) is 0 Å². The Labute approximate surface area is 180 Å². The molecule has 0 unspecified atom stereocenters. The van der Waals surface area contributed by atoms with E-state index in [4.69, 9.17) is 9.72 Å². The first-order valence-corrected chi connectivity index (χ1v) is 11.6. The fraction of sp³-hybridized carbons (Fsp3) is 0.320. The predicted molar refractivity (Wildman–Crippen MR) is 124 cm³/mol. The minimum absolute atomic E-state index is 0.435. The number of aromatic nitrogens is 2. The van der Waals surface area contributed by atoms with E-state index >= 15 is 0 Å². The summed E-state index contributed by atoms with van der Waals surface area (Å²) in [7, 11) is 1.70. The minimum atomic E-state index is 0.435. The Bertz CT molecular complexity index is 1240. The van der Waals surface area contributed by atoms with E-state index in [1.165, 1.54) is 41.4 Å². The standard InChI is InChI=1S/C25H25N3OS/c1-16-6-11-22-20(14-16)19-4-3-5-23-24(19)27(22)12-13-28(23)25-26-21(15-30-25)17-7-9-18(29-2)10-8-17/h6-11,14-15,23H,3-5,12-13H2,1-2H3/t23-/m1/s1. The van der Waals surface area contributed by atoms with Crippen molar-refractivity contribution in [2.24, 2.45) is 0 Å². The molecule has 1 aliphatic carbocycles. The zero-order chi connectivity index (χ0) is 20.2. The number of benzene rings is 2. The Kier molecular flexibility index (Phi) is 4.13. The topological polar surface area (TPSA) is 30.3 Å². The first-order chi connectivity index (χ1) is 14.7. The molecule has 0 N–H and O–H groups in total. The van der Waals surface area contributed by atoms with E-state index in [2.05, 4.69) is 52.1 Å². The van der Waals surface area contributed by atoms with Gasteiger partial charge >= 0.3 is 0 Å². The molecule has 152 valence electrons. The number of hydrogen-bond donors (Lipinski definition) is 0. The van der Waals surface area contributed by atoms with Gasteiger partial charge in [-0.2, -0.15) is 0 Å². The third-order valence-electron chi connectivity index (χ3n) is 6.65. The van der Waals surface area contributed by atoms with Crippen molar-refractivity contribution in [3.8, 4) is 17.0 Å². The number of fused-ring (bicyclic) bond motifs is 3. The summed E-state index contributed by atoms with van der Waals surface area (Å²) < 4.78 is 7.87. The summed E-state index contributed by atoms with van der Waals surface area (Å²) in [6.45, 7) is 4.25. The van der Waals surface area contributed by atoms with Crippen LogP contribution in [0.4, 0.5) is 5.13 Å². The number of thiazole rings is 1. The van der Waals surface area contributed by atoms with Crippen LogP contribution >= 0.6 is 11.3 Å². The monoisotopic (exact) mass is 415 g/mol. The van der Waals surface area contributed by atoms with Crippen LogP contribution in [0.5, 0.6) is 5.75 Å². The van der Waals surface area contributed by atoms with Gasteiger partial charge in [-0.05, 0) is 68.1 Å². The maximum absolute atomic E-state index is 5.29. The van der Waals surface area contributed by atoms with Gasteiger partial charge in [-0.25, -0.2) is 4.98 Å². The molecule has 2 aliphatic rings. The number of aryl methyl sites for hydroxylation is 2. The van der Waals surface area contributed by atoms with Gasteiger partial charge in [0.2, 0.25) is 0 Å². The van der Waals surface area contributed by atoms with Crippen molar-refractivity contribution >= 4 is 27.4 Å². The van der Waals surface area contributed by atoms with Gasteiger partial charge in [0.1, 0.15) is 5.75 Å². The lowest BCUT2D eigenvalue weighted by molar-refractivity contribution is 0.415. The van der Waals surface area contributed by atoms with Crippen LogP contribution in [0.15, 0.2) is 47.8 Å². The molecule has 3 heterocycles. The highest BCUT2D eigenvalue weighted by Gasteiger charge is 2.36. The zero-order valence-corrected chi connectivity index (χ0v) is 18.2. The highest BCUT2D eigenvalue weighted by Crippen LogP contribution is 2.45. The lowest BCUT2D eigenvalue weighted by atomic mass is 9.90. The summed E-state index contributed by atoms with van der Waals surface area (Å²) in [4.78, 5) is 7.60. The van der Waals surface area contributed by atoms with Gasteiger partial charge in [0.25, 0.3) is 0 Å². The first kappa shape index (κ1) is 18.0. The largest absolute Gasteiger partial charge is 0.497 e. The maximum atomic E-state index is 5.29. The third-order valence-corrected chi connectivity index (χ3v) is 7.53. The van der Waals surface area contributed by atoms with Crippen molar-refractivity contribution in [2.75, 3.05) is 18.6 Å². The van der Waals surface area contributed by atoms with Gasteiger partial charge in [0.15, 0.2) is 5.13 Å². The highest BCUT2D eigenvalue weighted by atomic mass is 32.1. The smallest absolute Gasteiger partial charge is 0.186 e. The van der Waals surface area contributed by atoms with Crippen molar-refractivity contribution < 1.29 is 4.74 Å². The van der Waals surface area contributed by atoms with Gasteiger partial charge < -0.3 is 14.2 Å². The zero-order valence-electron chi connectivity index (χ0n) is 17.4. The van der Waals surface area contributed by atoms with Gasteiger partial charge in [-0.1, -0.05) is 11.6 Å². The van der Waals surface area contributed by atoms with Crippen LogP contribution in [-0.4, -0.2) is 23.2 Å². The van der Waals surface area contributed by atoms with Crippen molar-refractivity contribution in [2.45, 2.75) is 38.8 Å². The number of methoxy groups -OCH3 is 1. The molecule has 6 rings (SSSR count). The van der Waals surface area contributed by atoms with Crippen LogP contribution < -0.4 is 9.64 Å². The van der Waals surface area contributed by atoms with Crippen molar-refractivity contribution in [3.05, 3.63) is 64.7 Å². The lowest BCUT2D eigenvalue weighted by Crippen LogP contribution is -2.39. The molecule has 30 heavy (non-hydrogen) atoms. The maximum Gasteiger partial charge on any atom is 0.186 e. The molecule has 1 atom stereocenters. The molecule has 0 amide bonds. The second-order valence-electron chi connectivity index (χ2n) is 8.38. The van der Waals surface area contributed by atoms with Crippen molar-refractivity contribution in [1.29, 1.82) is 0 Å². The fourth-order valence-corrected chi connectivity index (χ4v) is 6.15. The second-order valence-corrected chi connectivity index (χ2v) is 9.22. The predicted octanol–water partition coefficient (Wildman–Crippen LogP) is 5.98. The molecule has 0 spiro atoms. The Hall–Kier alpha value is -2.79. The number of anilines is 1. The summed E-state index contributed by atoms with van der Waals surface area (Å²) >= 11 is 1.77. The molecular formula is C25H25N3OS. The molecule has 2 aromatic carbocycles. The number of rotatable bonds is 3. The third kappa shape index (κ3) is 2.68. The van der Waals surface area contributed by atoms with E-state index < -0.39 is 0 Å². The molecule has 4 nitrogen and oxygen atoms in total. The average molecular weight is 416 g/mol. The van der Waals surface area contributed by atoms with E-state index in [0.717, 1.165) is 35.2 Å². The Morgan fingerprint density at radius 2 is 1.97 bits per heavy atom. The summed E-state index contributed by atoms with van der Waals surface area (Å²) in [5.74, 6) is 0.878. The van der Waals surface area contributed by atoms with Gasteiger partial charge in [0, 0.05) is 40.6 Å². The number of hydrogen-bond acceptors (Lipinski definition) is 4. The summed E-state index contributed by atoms with van der Waals surface area (Å²) in [5, 5.41) is 4.80. The molecule has 1 aliphatic heterocycles. The van der Waals surface area contributed by atoms with Gasteiger partial charge in [0.05, 0.1) is 18.8 Å². The van der Waals surface area contributed by atoms with Gasteiger partial charge in [-0.15, -0.1) is 11.3 Å². The second kappa shape index (κ2) is 6.88. The molecule has 0 radical (unpaired) electrons. The van der Waals surface area contributed by atoms with Crippen LogP contribution in [-0.2, 0) is 13.0 Å². The average Bonchev–Trinajstić information content (AvgIpc) is 3.39. The number of nitrogens with zero attached hydrogens (tertiary/aromatic N) is 3. The van der Waals surface area contributed by atoms with Crippen molar-refractivity contribution in [1.82, 2.24) is 9.55 Å². The normalized spacial score (nSPS) is 17.9. The first-order valence-electron chi connectivity index (χ1n) is 10.7. The van der Waals surface area contributed by atoms with E-state index in [0.29, 0.717) is 6.04 Å². The van der Waals surface area contributed by atoms with Gasteiger partial charge in [-0.3, -0.25) is 0 Å². The molecule has 0 saturated heterocycles. The highest BCUT2D eigenvalue weighted by molar-refractivity contribution is 7.14. The quantitative estimate of drug-likeness (QED) is 0.412. The molecule has 0 saturated carbocycles. The van der Waals surface area contributed by atoms with E-state index in [1.54, 1.807) is 24.0 Å². The van der Waals surface area contributed by atoms with Crippen LogP contribution in [0.1, 0.15) is 35.7 Å². The van der Waals surface area contributed by atoms with E-state index in [1.807, 2.05) is 12.1 Å². The molecule has 0 bridgehead atoms.